The zero-order chi connectivity index (χ0) is 12.8. The third-order valence-corrected chi connectivity index (χ3v) is 2.52. The Kier molecular flexibility index (Phi) is 4.50. The average molecular weight is 265 g/mol. The molecule has 0 aliphatic carbocycles. The van der Waals surface area contributed by atoms with E-state index in [0.29, 0.717) is 24.1 Å². The molecule has 2 rings (SSSR count). The molecule has 0 fully saturated rings. The van der Waals surface area contributed by atoms with Gasteiger partial charge in [-0.05, 0) is 17.7 Å². The van der Waals surface area contributed by atoms with Crippen LogP contribution in [0.3, 0.4) is 0 Å². The van der Waals surface area contributed by atoms with Gasteiger partial charge in [-0.3, -0.25) is 4.98 Å². The van der Waals surface area contributed by atoms with E-state index in [2.05, 4.69) is 9.97 Å². The lowest BCUT2D eigenvalue weighted by Gasteiger charge is -2.06. The van der Waals surface area contributed by atoms with Crippen LogP contribution in [0, 0.1) is 0 Å². The lowest BCUT2D eigenvalue weighted by molar-refractivity contribution is 0.184. The molecule has 94 valence electrons. The third kappa shape index (κ3) is 3.42. The van der Waals surface area contributed by atoms with Crippen molar-refractivity contribution in [3.63, 3.8) is 0 Å². The molecule has 1 heterocycles. The molecule has 2 aromatic rings. The van der Waals surface area contributed by atoms with Crippen LogP contribution < -0.4 is 4.74 Å². The van der Waals surface area contributed by atoms with Crippen molar-refractivity contribution in [1.82, 2.24) is 9.97 Å². The molecule has 5 heteroatoms. The Bertz CT molecular complexity index is 503. The number of hydrogen-bond donors (Lipinski definition) is 0. The number of ether oxygens (including phenoxy) is 2. The number of methoxy groups -OCH3 is 1. The topological polar surface area (TPSA) is 44.2 Å². The number of halogens is 1. The monoisotopic (exact) mass is 264 g/mol. The predicted molar refractivity (Wildman–Crippen MR) is 68.8 cm³/mol. The van der Waals surface area contributed by atoms with Gasteiger partial charge in [0.15, 0.2) is 0 Å². The minimum absolute atomic E-state index is 0.344. The van der Waals surface area contributed by atoms with Gasteiger partial charge < -0.3 is 9.47 Å². The molecule has 0 bridgehead atoms. The smallest absolute Gasteiger partial charge is 0.237 e. The van der Waals surface area contributed by atoms with Crippen LogP contribution in [0.5, 0.6) is 11.6 Å². The van der Waals surface area contributed by atoms with Gasteiger partial charge in [-0.2, -0.15) is 0 Å². The number of benzene rings is 1. The Labute approximate surface area is 111 Å². The number of hydrogen-bond acceptors (Lipinski definition) is 4. The summed E-state index contributed by atoms with van der Waals surface area (Å²) in [5, 5.41) is 0. The Morgan fingerprint density at radius 3 is 2.78 bits per heavy atom. The molecule has 0 spiro atoms. The van der Waals surface area contributed by atoms with Crippen LogP contribution in [0.25, 0.3) is 0 Å². The second-order valence-electron chi connectivity index (χ2n) is 3.66. The maximum Gasteiger partial charge on any atom is 0.237 e. The number of aromatic nitrogens is 2. The van der Waals surface area contributed by atoms with E-state index < -0.39 is 0 Å². The van der Waals surface area contributed by atoms with Crippen molar-refractivity contribution < 1.29 is 9.47 Å². The fourth-order valence-corrected chi connectivity index (χ4v) is 1.59. The van der Waals surface area contributed by atoms with E-state index in [1.165, 1.54) is 0 Å². The molecular weight excluding hydrogens is 252 g/mol. The quantitative estimate of drug-likeness (QED) is 0.778. The largest absolute Gasteiger partial charge is 0.437 e. The van der Waals surface area contributed by atoms with Gasteiger partial charge in [-0.1, -0.05) is 12.1 Å². The van der Waals surface area contributed by atoms with Gasteiger partial charge in [0.1, 0.15) is 5.75 Å². The molecule has 0 radical (unpaired) electrons. The summed E-state index contributed by atoms with van der Waals surface area (Å²) >= 11 is 5.64. The van der Waals surface area contributed by atoms with E-state index in [9.17, 15) is 0 Å². The summed E-state index contributed by atoms with van der Waals surface area (Å²) in [6.07, 6.45) is 3.15. The van der Waals surface area contributed by atoms with Crippen LogP contribution in [-0.4, -0.2) is 17.1 Å². The third-order valence-electron chi connectivity index (χ3n) is 2.25. The van der Waals surface area contributed by atoms with Crippen molar-refractivity contribution in [2.45, 2.75) is 12.5 Å². The van der Waals surface area contributed by atoms with Crippen LogP contribution in [0.15, 0.2) is 36.7 Å². The summed E-state index contributed by atoms with van der Waals surface area (Å²) < 4.78 is 10.7. The molecule has 18 heavy (non-hydrogen) atoms. The van der Waals surface area contributed by atoms with Crippen molar-refractivity contribution in [2.75, 3.05) is 7.11 Å². The highest BCUT2D eigenvalue weighted by Gasteiger charge is 2.01. The predicted octanol–water partition coefficient (Wildman–Crippen LogP) is 3.15. The Balaban J connectivity index is 2.09. The van der Waals surface area contributed by atoms with Crippen molar-refractivity contribution in [3.8, 4) is 11.6 Å². The first-order chi connectivity index (χ1) is 8.81. The zero-order valence-corrected chi connectivity index (χ0v) is 10.7. The highest BCUT2D eigenvalue weighted by atomic mass is 35.5. The fourth-order valence-electron chi connectivity index (χ4n) is 1.45. The van der Waals surface area contributed by atoms with E-state index >= 15 is 0 Å². The summed E-state index contributed by atoms with van der Waals surface area (Å²) in [4.78, 5) is 8.23. The minimum Gasteiger partial charge on any atom is -0.437 e. The molecular formula is C13H13ClN2O2. The zero-order valence-electron chi connectivity index (χ0n) is 9.97. The first-order valence-electron chi connectivity index (χ1n) is 5.44. The molecule has 1 aromatic carbocycles. The SMILES string of the molecule is COCc1cccc(Oc2cnc(CCl)cn2)c1. The Morgan fingerprint density at radius 1 is 1.22 bits per heavy atom. The molecule has 0 aliphatic heterocycles. The minimum atomic E-state index is 0.344. The van der Waals surface area contributed by atoms with Crippen LogP contribution in [0.1, 0.15) is 11.3 Å². The van der Waals surface area contributed by atoms with Gasteiger partial charge in [0.05, 0.1) is 30.6 Å². The molecule has 0 aliphatic rings. The van der Waals surface area contributed by atoms with Gasteiger partial charge in [0.2, 0.25) is 5.88 Å². The Hall–Kier alpha value is -1.65. The van der Waals surface area contributed by atoms with E-state index in [1.54, 1.807) is 19.5 Å². The average Bonchev–Trinajstić information content (AvgIpc) is 2.40. The van der Waals surface area contributed by atoms with E-state index in [1.807, 2.05) is 24.3 Å². The van der Waals surface area contributed by atoms with Crippen molar-refractivity contribution in [2.24, 2.45) is 0 Å². The normalized spacial score (nSPS) is 10.3. The molecule has 1 aromatic heterocycles. The standard InChI is InChI=1S/C13H13ClN2O2/c1-17-9-10-3-2-4-12(5-10)18-13-8-15-11(6-14)7-16-13/h2-5,7-8H,6,9H2,1H3. The van der Waals surface area contributed by atoms with E-state index in [-0.39, 0.29) is 0 Å². The maximum atomic E-state index is 5.64. The van der Waals surface area contributed by atoms with Gasteiger partial charge in [-0.15, -0.1) is 11.6 Å². The van der Waals surface area contributed by atoms with Gasteiger partial charge in [0, 0.05) is 7.11 Å². The van der Waals surface area contributed by atoms with Crippen molar-refractivity contribution in [3.05, 3.63) is 47.9 Å². The van der Waals surface area contributed by atoms with Crippen LogP contribution in [-0.2, 0) is 17.2 Å². The first-order valence-corrected chi connectivity index (χ1v) is 5.98. The Morgan fingerprint density at radius 2 is 2.11 bits per heavy atom. The van der Waals surface area contributed by atoms with Gasteiger partial charge >= 0.3 is 0 Å². The highest BCUT2D eigenvalue weighted by Crippen LogP contribution is 2.20. The van der Waals surface area contributed by atoms with E-state index in [0.717, 1.165) is 11.3 Å². The van der Waals surface area contributed by atoms with Crippen LogP contribution in [0.2, 0.25) is 0 Å². The van der Waals surface area contributed by atoms with Crippen LogP contribution >= 0.6 is 11.6 Å². The lowest BCUT2D eigenvalue weighted by Crippen LogP contribution is -1.93. The summed E-state index contributed by atoms with van der Waals surface area (Å²) in [5.41, 5.74) is 1.76. The van der Waals surface area contributed by atoms with E-state index in [4.69, 9.17) is 21.1 Å². The molecule has 0 saturated carbocycles. The number of rotatable bonds is 5. The number of alkyl halides is 1. The highest BCUT2D eigenvalue weighted by molar-refractivity contribution is 6.16. The number of nitrogens with zero attached hydrogens (tertiary/aromatic N) is 2. The molecule has 0 atom stereocenters. The fraction of sp³-hybridized carbons (Fsp3) is 0.231. The second-order valence-corrected chi connectivity index (χ2v) is 3.93. The summed E-state index contributed by atoms with van der Waals surface area (Å²) in [5.74, 6) is 1.49. The maximum absolute atomic E-state index is 5.64. The second kappa shape index (κ2) is 6.33. The van der Waals surface area contributed by atoms with Gasteiger partial charge in [0.25, 0.3) is 0 Å². The molecule has 4 nitrogen and oxygen atoms in total. The van der Waals surface area contributed by atoms with Crippen LogP contribution in [0.4, 0.5) is 0 Å². The summed E-state index contributed by atoms with van der Waals surface area (Å²) in [6.45, 7) is 0.550. The lowest BCUT2D eigenvalue weighted by atomic mass is 10.2. The summed E-state index contributed by atoms with van der Waals surface area (Å²) in [6, 6.07) is 7.64. The van der Waals surface area contributed by atoms with Crippen molar-refractivity contribution in [1.29, 1.82) is 0 Å². The molecule has 0 N–H and O–H groups in total. The van der Waals surface area contributed by atoms with Gasteiger partial charge in [-0.25, -0.2) is 4.98 Å². The molecule has 0 unspecified atom stereocenters. The molecule has 0 saturated heterocycles. The van der Waals surface area contributed by atoms with Crippen molar-refractivity contribution >= 4 is 11.6 Å². The molecule has 0 amide bonds. The first kappa shape index (κ1) is 12.8. The summed E-state index contributed by atoms with van der Waals surface area (Å²) in [7, 11) is 1.66.